The van der Waals surface area contributed by atoms with Gasteiger partial charge in [-0.1, -0.05) is 6.92 Å². The van der Waals surface area contributed by atoms with Gasteiger partial charge in [-0.3, -0.25) is 19.2 Å². The van der Waals surface area contributed by atoms with Crippen LogP contribution in [0.25, 0.3) is 0 Å². The smallest absolute Gasteiger partial charge is 0.247 e. The van der Waals surface area contributed by atoms with Crippen LogP contribution in [0.2, 0.25) is 0 Å². The van der Waals surface area contributed by atoms with Crippen molar-refractivity contribution >= 4 is 37.5 Å². The van der Waals surface area contributed by atoms with Crippen LogP contribution in [-0.4, -0.2) is 52.4 Å². The van der Waals surface area contributed by atoms with Crippen LogP contribution in [0.5, 0.6) is 0 Å². The summed E-state index contributed by atoms with van der Waals surface area (Å²) in [5, 5.41) is 0. The van der Waals surface area contributed by atoms with E-state index in [2.05, 4.69) is 4.72 Å². The zero-order valence-electron chi connectivity index (χ0n) is 14.0. The molecule has 2 N–H and O–H groups in total. The molecule has 9 nitrogen and oxygen atoms in total. The fourth-order valence-corrected chi connectivity index (χ4v) is 4.68. The largest absolute Gasteiger partial charge is 0.284 e. The number of carbonyl (C=O) groups is 2. The van der Waals surface area contributed by atoms with Crippen molar-refractivity contribution in [1.29, 1.82) is 0 Å². The lowest BCUT2D eigenvalue weighted by atomic mass is 10.3. The molecule has 2 amide bonds. The normalized spacial score (nSPS) is 18.4. The zero-order chi connectivity index (χ0) is 19.7. The van der Waals surface area contributed by atoms with Gasteiger partial charge in [-0.15, -0.1) is 0 Å². The highest BCUT2D eigenvalue weighted by Crippen LogP contribution is 2.21. The number of sulfonamides is 2. The molecule has 1 aromatic rings. The highest BCUT2D eigenvalue weighted by Gasteiger charge is 2.38. The number of likely N-dealkylation sites (tertiary alicyclic amines) is 1. The zero-order valence-corrected chi connectivity index (χ0v) is 15.7. The minimum Gasteiger partial charge on any atom is -0.284 e. The van der Waals surface area contributed by atoms with Crippen LogP contribution >= 0.6 is 0 Å². The van der Waals surface area contributed by atoms with E-state index in [0.29, 0.717) is 12.5 Å². The molecule has 2 rings (SSSR count). The Kier molecular flexibility index (Phi) is 5.68. The van der Waals surface area contributed by atoms with E-state index >= 15 is 0 Å². The maximum absolute atomic E-state index is 14.1. The van der Waals surface area contributed by atoms with Crippen molar-refractivity contribution in [2.24, 2.45) is 0 Å². The molecule has 1 aliphatic rings. The van der Waals surface area contributed by atoms with Crippen LogP contribution in [0.1, 0.15) is 19.8 Å². The van der Waals surface area contributed by atoms with Crippen molar-refractivity contribution in [2.75, 3.05) is 17.5 Å². The molecule has 0 saturated carbocycles. The Balaban J connectivity index is 2.22. The van der Waals surface area contributed by atoms with Gasteiger partial charge >= 0.3 is 0 Å². The summed E-state index contributed by atoms with van der Waals surface area (Å²) in [5.74, 6) is -2.53. The second-order valence-electron chi connectivity index (χ2n) is 5.73. The van der Waals surface area contributed by atoms with Crippen LogP contribution < -0.4 is 9.44 Å². The average molecular weight is 407 g/mol. The third-order valence-corrected chi connectivity index (χ3v) is 6.61. The van der Waals surface area contributed by atoms with E-state index in [4.69, 9.17) is 0 Å². The number of amides is 2. The molecule has 144 valence electrons. The van der Waals surface area contributed by atoms with Crippen molar-refractivity contribution in [1.82, 2.24) is 9.62 Å². The first-order chi connectivity index (χ1) is 12.0. The lowest BCUT2D eigenvalue weighted by Gasteiger charge is -2.13. The molecule has 1 heterocycles. The summed E-state index contributed by atoms with van der Waals surface area (Å²) < 4.78 is 66.2. The lowest BCUT2D eigenvalue weighted by Crippen LogP contribution is -2.40. The van der Waals surface area contributed by atoms with E-state index in [9.17, 15) is 30.8 Å². The first kappa shape index (κ1) is 20.3. The van der Waals surface area contributed by atoms with Crippen molar-refractivity contribution < 1.29 is 30.8 Å². The minimum absolute atomic E-state index is 0.209. The molecule has 0 aliphatic carbocycles. The number of imide groups is 1. The Labute approximate surface area is 150 Å². The van der Waals surface area contributed by atoms with E-state index in [1.165, 1.54) is 7.05 Å². The lowest BCUT2D eigenvalue weighted by molar-refractivity contribution is -0.137. The van der Waals surface area contributed by atoms with Gasteiger partial charge in [0.2, 0.25) is 31.9 Å². The van der Waals surface area contributed by atoms with Crippen molar-refractivity contribution in [2.45, 2.75) is 30.7 Å². The van der Waals surface area contributed by atoms with Gasteiger partial charge in [-0.05, 0) is 24.6 Å². The average Bonchev–Trinajstić information content (AvgIpc) is 2.75. The van der Waals surface area contributed by atoms with Crippen molar-refractivity contribution in [3.8, 4) is 0 Å². The maximum atomic E-state index is 14.1. The number of likely N-dealkylation sites (N-methyl/N-ethyl adjacent to an activating group) is 1. The Hall–Kier alpha value is -2.05. The molecule has 0 unspecified atom stereocenters. The fraction of sp³-hybridized carbons (Fsp3) is 0.429. The summed E-state index contributed by atoms with van der Waals surface area (Å²) in [6, 6.07) is 1.35. The van der Waals surface area contributed by atoms with Gasteiger partial charge in [-0.2, -0.15) is 4.72 Å². The number of benzene rings is 1. The van der Waals surface area contributed by atoms with Gasteiger partial charge in [0, 0.05) is 7.05 Å². The third kappa shape index (κ3) is 4.37. The summed E-state index contributed by atoms with van der Waals surface area (Å²) in [6.45, 7) is 1.64. The Morgan fingerprint density at radius 3 is 2.38 bits per heavy atom. The molecule has 0 aromatic heterocycles. The number of hydrogen-bond acceptors (Lipinski definition) is 6. The monoisotopic (exact) mass is 407 g/mol. The van der Waals surface area contributed by atoms with Crippen LogP contribution in [0.15, 0.2) is 23.1 Å². The topological polar surface area (TPSA) is 130 Å². The fourth-order valence-electron chi connectivity index (χ4n) is 2.34. The van der Waals surface area contributed by atoms with Crippen LogP contribution in [-0.2, 0) is 29.6 Å². The summed E-state index contributed by atoms with van der Waals surface area (Å²) >= 11 is 0. The SMILES string of the molecule is CCCS(=O)(=O)Nc1ccc(S(=O)(=O)N[C@H]2CC(=O)N(C)C2=O)cc1F. The first-order valence-electron chi connectivity index (χ1n) is 7.59. The summed E-state index contributed by atoms with van der Waals surface area (Å²) in [6.07, 6.45) is 0.00185. The summed E-state index contributed by atoms with van der Waals surface area (Å²) in [5.41, 5.74) is -0.385. The van der Waals surface area contributed by atoms with E-state index < -0.39 is 48.6 Å². The minimum atomic E-state index is -4.28. The number of halogens is 1. The first-order valence-corrected chi connectivity index (χ1v) is 10.7. The molecule has 0 radical (unpaired) electrons. The standard InChI is InChI=1S/C14H18FN3O6S2/c1-3-6-25(21,22)16-11-5-4-9(7-10(11)15)26(23,24)17-12-8-13(19)18(2)14(12)20/h4-5,7,12,16-17H,3,6,8H2,1-2H3/t12-/m0/s1. The Morgan fingerprint density at radius 2 is 1.88 bits per heavy atom. The molecule has 0 bridgehead atoms. The molecule has 0 spiro atoms. The van der Waals surface area contributed by atoms with Gasteiger partial charge in [0.05, 0.1) is 22.8 Å². The van der Waals surface area contributed by atoms with Gasteiger partial charge in [0.1, 0.15) is 11.9 Å². The summed E-state index contributed by atoms with van der Waals surface area (Å²) in [7, 11) is -6.79. The molecule has 1 fully saturated rings. The highest BCUT2D eigenvalue weighted by molar-refractivity contribution is 7.92. The molecule has 1 aromatic carbocycles. The van der Waals surface area contributed by atoms with Gasteiger partial charge in [0.25, 0.3) is 0 Å². The Morgan fingerprint density at radius 1 is 1.23 bits per heavy atom. The molecule has 1 aliphatic heterocycles. The number of carbonyl (C=O) groups excluding carboxylic acids is 2. The molecule has 1 saturated heterocycles. The number of nitrogens with one attached hydrogen (secondary N) is 2. The highest BCUT2D eigenvalue weighted by atomic mass is 32.2. The predicted octanol–water partition coefficient (Wildman–Crippen LogP) is 0.0130. The molecular formula is C14H18FN3O6S2. The van der Waals surface area contributed by atoms with Gasteiger partial charge < -0.3 is 0 Å². The van der Waals surface area contributed by atoms with E-state index in [1.807, 2.05) is 4.72 Å². The second-order valence-corrected chi connectivity index (χ2v) is 9.29. The molecule has 12 heteroatoms. The van der Waals surface area contributed by atoms with Crippen molar-refractivity contribution in [3.05, 3.63) is 24.0 Å². The quantitative estimate of drug-likeness (QED) is 0.613. The van der Waals surface area contributed by atoms with E-state index in [0.717, 1.165) is 17.0 Å². The van der Waals surface area contributed by atoms with Gasteiger partial charge in [-0.25, -0.2) is 21.2 Å². The molecular weight excluding hydrogens is 389 g/mol. The third-order valence-electron chi connectivity index (χ3n) is 3.67. The maximum Gasteiger partial charge on any atom is 0.247 e. The van der Waals surface area contributed by atoms with Crippen LogP contribution in [0.3, 0.4) is 0 Å². The second kappa shape index (κ2) is 7.29. The van der Waals surface area contributed by atoms with Gasteiger partial charge in [0.15, 0.2) is 0 Å². The number of hydrogen-bond donors (Lipinski definition) is 2. The number of nitrogens with zero attached hydrogens (tertiary/aromatic N) is 1. The summed E-state index contributed by atoms with van der Waals surface area (Å²) in [4.78, 5) is 23.5. The van der Waals surface area contributed by atoms with E-state index in [1.54, 1.807) is 6.92 Å². The Bertz CT molecular complexity index is 945. The van der Waals surface area contributed by atoms with Crippen LogP contribution in [0.4, 0.5) is 10.1 Å². The number of anilines is 1. The predicted molar refractivity (Wildman–Crippen MR) is 90.6 cm³/mol. The molecule has 1 atom stereocenters. The molecule has 26 heavy (non-hydrogen) atoms. The number of rotatable bonds is 7. The van der Waals surface area contributed by atoms with Crippen molar-refractivity contribution in [3.63, 3.8) is 0 Å². The van der Waals surface area contributed by atoms with E-state index in [-0.39, 0.29) is 17.9 Å². The van der Waals surface area contributed by atoms with Crippen LogP contribution in [0, 0.1) is 5.82 Å².